The molecule has 0 bridgehead atoms. The number of nitrogen functional groups attached to an aromatic ring is 2. The third-order valence-corrected chi connectivity index (χ3v) is 11.8. The highest BCUT2D eigenvalue weighted by Crippen LogP contribution is 2.47. The van der Waals surface area contributed by atoms with Crippen LogP contribution >= 0.6 is 0 Å². The first-order valence-electron chi connectivity index (χ1n) is 19.2. The lowest BCUT2D eigenvalue weighted by molar-refractivity contribution is 0.254. The maximum Gasteiger partial charge on any atom is 0.0316 e. The summed E-state index contributed by atoms with van der Waals surface area (Å²) in [4.78, 5) is 0. The second-order valence-electron chi connectivity index (χ2n) is 15.1. The Labute approximate surface area is 292 Å². The number of nitrogens with two attached hydrogens (primary N) is 2. The number of hydrogen-bond donors (Lipinski definition) is 2. The molecule has 4 N–H and O–H groups in total. The molecule has 2 heteroatoms. The average molecular weight is 643 g/mol. The first-order valence-corrected chi connectivity index (χ1v) is 19.2. The van der Waals surface area contributed by atoms with Crippen molar-refractivity contribution in [3.05, 3.63) is 129 Å². The van der Waals surface area contributed by atoms with Crippen LogP contribution in [0.5, 0.6) is 0 Å². The summed E-state index contributed by atoms with van der Waals surface area (Å²) in [6.45, 7) is 11.6. The largest absolute Gasteiger partial charge is 0.399 e. The van der Waals surface area contributed by atoms with Gasteiger partial charge in [0.25, 0.3) is 0 Å². The Bertz CT molecular complexity index is 1470. The summed E-state index contributed by atoms with van der Waals surface area (Å²) < 4.78 is 0. The van der Waals surface area contributed by atoms with Crippen LogP contribution in [-0.4, -0.2) is 0 Å². The minimum atomic E-state index is -0.0267. The molecule has 2 unspecified atom stereocenters. The van der Waals surface area contributed by atoms with Crippen LogP contribution in [0.3, 0.4) is 0 Å². The third-order valence-electron chi connectivity index (χ3n) is 11.8. The van der Waals surface area contributed by atoms with Gasteiger partial charge in [0.15, 0.2) is 0 Å². The lowest BCUT2D eigenvalue weighted by atomic mass is 9.62. The van der Waals surface area contributed by atoms with Crippen LogP contribution in [-0.2, 0) is 5.41 Å². The molecule has 0 spiro atoms. The normalized spacial score (nSPS) is 16.4. The highest BCUT2D eigenvalue weighted by atomic mass is 14.5. The molecular weight excluding hydrogens is 581 g/mol. The van der Waals surface area contributed by atoms with Crippen LogP contribution in [0.4, 0.5) is 11.4 Å². The van der Waals surface area contributed by atoms with Crippen molar-refractivity contribution in [3.63, 3.8) is 0 Å². The first kappa shape index (κ1) is 35.8. The fraction of sp³-hybridized carbons (Fsp3) is 0.478. The second-order valence-corrected chi connectivity index (χ2v) is 15.1. The fourth-order valence-corrected chi connectivity index (χ4v) is 8.82. The van der Waals surface area contributed by atoms with Crippen molar-refractivity contribution < 1.29 is 0 Å². The van der Waals surface area contributed by atoms with E-state index >= 15 is 0 Å². The summed E-state index contributed by atoms with van der Waals surface area (Å²) in [5.74, 6) is 1.43. The summed E-state index contributed by atoms with van der Waals surface area (Å²) in [6.07, 6.45) is 16.5. The Morgan fingerprint density at radius 3 is 1.38 bits per heavy atom. The van der Waals surface area contributed by atoms with Gasteiger partial charge in [-0.25, -0.2) is 0 Å². The maximum atomic E-state index is 6.17. The van der Waals surface area contributed by atoms with Crippen LogP contribution in [0.15, 0.2) is 84.9 Å². The zero-order valence-electron chi connectivity index (χ0n) is 30.7. The zero-order chi connectivity index (χ0) is 34.1. The highest BCUT2D eigenvalue weighted by Gasteiger charge is 2.38. The zero-order valence-corrected chi connectivity index (χ0v) is 30.7. The summed E-state index contributed by atoms with van der Waals surface area (Å²) in [6, 6.07) is 32.7. The van der Waals surface area contributed by atoms with Crippen molar-refractivity contribution >= 4 is 11.4 Å². The lowest BCUT2D eigenvalue weighted by Gasteiger charge is -2.41. The molecule has 4 aromatic rings. The number of unbranched alkanes of at least 4 members (excludes halogenated alkanes) is 4. The number of rotatable bonds is 15. The SMILES string of the molecule is CCCCCC(c1ccc(C(C)(c2ccc(C(CCCCC)c3ccc(N)cc3C)cc2)C2CCCCC2)cc1)c1ccc(N)cc1C. The van der Waals surface area contributed by atoms with Crippen molar-refractivity contribution in [3.8, 4) is 0 Å². The topological polar surface area (TPSA) is 52.0 Å². The van der Waals surface area contributed by atoms with Crippen molar-refractivity contribution in [2.75, 3.05) is 11.5 Å². The Hall–Kier alpha value is -3.52. The van der Waals surface area contributed by atoms with Crippen molar-refractivity contribution in [1.29, 1.82) is 0 Å². The molecule has 0 radical (unpaired) electrons. The molecule has 0 heterocycles. The molecule has 0 aliphatic heterocycles. The van der Waals surface area contributed by atoms with Gasteiger partial charge in [-0.1, -0.05) is 139 Å². The third kappa shape index (κ3) is 8.19. The van der Waals surface area contributed by atoms with E-state index in [2.05, 4.69) is 120 Å². The summed E-state index contributed by atoms with van der Waals surface area (Å²) in [7, 11) is 0. The highest BCUT2D eigenvalue weighted by molar-refractivity contribution is 5.50. The molecule has 48 heavy (non-hydrogen) atoms. The summed E-state index contributed by atoms with van der Waals surface area (Å²) in [5.41, 5.74) is 25.2. The van der Waals surface area contributed by atoms with Gasteiger partial charge in [-0.3, -0.25) is 0 Å². The molecule has 2 atom stereocenters. The molecule has 0 aromatic heterocycles. The van der Waals surface area contributed by atoms with Gasteiger partial charge < -0.3 is 11.5 Å². The van der Waals surface area contributed by atoms with Gasteiger partial charge in [0, 0.05) is 28.6 Å². The average Bonchev–Trinajstić information content (AvgIpc) is 3.10. The van der Waals surface area contributed by atoms with Crippen LogP contribution in [0.2, 0.25) is 0 Å². The first-order chi connectivity index (χ1) is 23.3. The van der Waals surface area contributed by atoms with E-state index in [0.717, 1.165) is 11.4 Å². The molecule has 0 saturated heterocycles. The maximum absolute atomic E-state index is 6.17. The smallest absolute Gasteiger partial charge is 0.0316 e. The minimum Gasteiger partial charge on any atom is -0.399 e. The molecule has 1 aliphatic carbocycles. The van der Waals surface area contributed by atoms with E-state index in [1.807, 2.05) is 0 Å². The molecule has 2 nitrogen and oxygen atoms in total. The van der Waals surface area contributed by atoms with Gasteiger partial charge in [0.1, 0.15) is 0 Å². The van der Waals surface area contributed by atoms with Gasteiger partial charge in [-0.15, -0.1) is 0 Å². The molecule has 5 rings (SSSR count). The number of aryl methyl sites for hydroxylation is 2. The standard InChI is InChI=1S/C46H62N2/c1-6-8-11-17-44(42-29-27-40(47)31-33(42)3)35-19-23-38(24-20-35)46(5,37-15-13-10-14-16-37)39-25-21-36(22-26-39)45(18-12-9-7-2)43-30-28-41(48)32-34(43)4/h19-32,37,44-45H,6-18,47-48H2,1-5H3. The molecular formula is C46H62N2. The van der Waals surface area contributed by atoms with E-state index in [1.54, 1.807) is 0 Å². The Kier molecular flexibility index (Phi) is 12.5. The van der Waals surface area contributed by atoms with Gasteiger partial charge in [0.05, 0.1) is 0 Å². The second kappa shape index (κ2) is 16.7. The number of anilines is 2. The van der Waals surface area contributed by atoms with Crippen molar-refractivity contribution in [2.45, 2.75) is 135 Å². The fourth-order valence-electron chi connectivity index (χ4n) is 8.82. The van der Waals surface area contributed by atoms with E-state index < -0.39 is 0 Å². The Morgan fingerprint density at radius 2 is 1.00 bits per heavy atom. The minimum absolute atomic E-state index is 0.0267. The van der Waals surface area contributed by atoms with E-state index in [0.29, 0.717) is 17.8 Å². The van der Waals surface area contributed by atoms with Crippen molar-refractivity contribution in [2.24, 2.45) is 5.92 Å². The summed E-state index contributed by atoms with van der Waals surface area (Å²) >= 11 is 0. The van der Waals surface area contributed by atoms with E-state index in [9.17, 15) is 0 Å². The summed E-state index contributed by atoms with van der Waals surface area (Å²) in [5, 5.41) is 0. The van der Waals surface area contributed by atoms with Crippen molar-refractivity contribution in [1.82, 2.24) is 0 Å². The van der Waals surface area contributed by atoms with Gasteiger partial charge in [-0.05, 0) is 114 Å². The van der Waals surface area contributed by atoms with E-state index in [1.165, 1.54) is 128 Å². The Balaban J connectivity index is 1.50. The van der Waals surface area contributed by atoms with Crippen LogP contribution < -0.4 is 11.5 Å². The number of hydrogen-bond acceptors (Lipinski definition) is 2. The Morgan fingerprint density at radius 1 is 0.583 bits per heavy atom. The van der Waals surface area contributed by atoms with E-state index in [-0.39, 0.29) is 5.41 Å². The molecule has 1 saturated carbocycles. The predicted molar refractivity (Wildman–Crippen MR) is 209 cm³/mol. The van der Waals surface area contributed by atoms with Gasteiger partial charge in [0.2, 0.25) is 0 Å². The predicted octanol–water partition coefficient (Wildman–Crippen LogP) is 12.8. The lowest BCUT2D eigenvalue weighted by Crippen LogP contribution is -2.35. The molecule has 1 fully saturated rings. The van der Waals surface area contributed by atoms with Crippen LogP contribution in [0.1, 0.15) is 161 Å². The van der Waals surface area contributed by atoms with Crippen LogP contribution in [0.25, 0.3) is 0 Å². The van der Waals surface area contributed by atoms with Crippen LogP contribution in [0, 0.1) is 19.8 Å². The van der Waals surface area contributed by atoms with Gasteiger partial charge >= 0.3 is 0 Å². The molecule has 1 aliphatic rings. The molecule has 4 aromatic carbocycles. The number of benzene rings is 4. The molecule has 0 amide bonds. The van der Waals surface area contributed by atoms with Gasteiger partial charge in [-0.2, -0.15) is 0 Å². The monoisotopic (exact) mass is 642 g/mol. The quantitative estimate of drug-likeness (QED) is 0.100. The van der Waals surface area contributed by atoms with E-state index in [4.69, 9.17) is 11.5 Å². The molecule has 256 valence electrons.